The highest BCUT2D eigenvalue weighted by Crippen LogP contribution is 2.30. The van der Waals surface area contributed by atoms with Gasteiger partial charge in [-0.25, -0.2) is 13.1 Å². The maximum atomic E-state index is 12.4. The smallest absolute Gasteiger partial charge is 0.242 e. The second-order valence-electron chi connectivity index (χ2n) is 5.91. The summed E-state index contributed by atoms with van der Waals surface area (Å²) >= 11 is 0. The van der Waals surface area contributed by atoms with E-state index < -0.39 is 10.0 Å². The van der Waals surface area contributed by atoms with Crippen molar-refractivity contribution in [3.63, 3.8) is 0 Å². The molecule has 1 fully saturated rings. The number of aromatic amines is 1. The first-order valence-corrected chi connectivity index (χ1v) is 8.85. The molecule has 1 aromatic rings. The highest BCUT2D eigenvalue weighted by atomic mass is 32.2. The molecule has 20 heavy (non-hydrogen) atoms. The lowest BCUT2D eigenvalue weighted by atomic mass is 10.0. The van der Waals surface area contributed by atoms with E-state index in [1.54, 1.807) is 12.3 Å². The molecule has 6 heteroatoms. The Morgan fingerprint density at radius 1 is 1.35 bits per heavy atom. The number of rotatable bonds is 7. The minimum Gasteiger partial charge on any atom is -0.363 e. The van der Waals surface area contributed by atoms with Crippen molar-refractivity contribution in [2.75, 3.05) is 6.54 Å². The molecular weight excluding hydrogens is 274 g/mol. The van der Waals surface area contributed by atoms with Crippen molar-refractivity contribution in [1.82, 2.24) is 15.0 Å². The fourth-order valence-corrected chi connectivity index (χ4v) is 4.20. The van der Waals surface area contributed by atoms with Crippen LogP contribution < -0.4 is 10.0 Å². The van der Waals surface area contributed by atoms with Crippen LogP contribution >= 0.6 is 0 Å². The molecule has 0 aromatic carbocycles. The summed E-state index contributed by atoms with van der Waals surface area (Å²) in [7, 11) is -3.42. The summed E-state index contributed by atoms with van der Waals surface area (Å²) in [5.74, 6) is 0. The maximum absolute atomic E-state index is 12.4. The van der Waals surface area contributed by atoms with Gasteiger partial charge in [0.15, 0.2) is 0 Å². The van der Waals surface area contributed by atoms with E-state index in [2.05, 4.69) is 21.9 Å². The lowest BCUT2D eigenvalue weighted by Crippen LogP contribution is -2.43. The summed E-state index contributed by atoms with van der Waals surface area (Å²) in [4.78, 5) is 3.36. The van der Waals surface area contributed by atoms with Gasteiger partial charge in [0.2, 0.25) is 10.0 Å². The van der Waals surface area contributed by atoms with Crippen LogP contribution in [-0.4, -0.2) is 25.5 Å². The molecule has 0 saturated heterocycles. The van der Waals surface area contributed by atoms with Crippen LogP contribution in [-0.2, 0) is 16.6 Å². The first kappa shape index (κ1) is 15.5. The summed E-state index contributed by atoms with van der Waals surface area (Å²) < 4.78 is 27.6. The number of H-pyrrole nitrogens is 1. The van der Waals surface area contributed by atoms with Crippen LogP contribution in [0.1, 0.15) is 51.6 Å². The summed E-state index contributed by atoms with van der Waals surface area (Å²) in [5, 5.41) is 3.25. The first-order chi connectivity index (χ1) is 9.45. The predicted octanol–water partition coefficient (Wildman–Crippen LogP) is 2.13. The minimum atomic E-state index is -3.42. The van der Waals surface area contributed by atoms with Gasteiger partial charge < -0.3 is 10.3 Å². The Morgan fingerprint density at radius 2 is 2.05 bits per heavy atom. The standard InChI is InChI=1S/C14H25N3O2S/c1-3-8-15-10-12-9-13(11-16-12)20(18,19)17-14(2)6-4-5-7-14/h9,11,15-17H,3-8,10H2,1-2H3. The van der Waals surface area contributed by atoms with Gasteiger partial charge in [-0.2, -0.15) is 0 Å². The molecule has 114 valence electrons. The van der Waals surface area contributed by atoms with Crippen molar-refractivity contribution in [2.45, 2.75) is 62.9 Å². The molecule has 0 spiro atoms. The molecule has 3 N–H and O–H groups in total. The average molecular weight is 299 g/mol. The van der Waals surface area contributed by atoms with Crippen molar-refractivity contribution in [2.24, 2.45) is 0 Å². The molecule has 1 aliphatic carbocycles. The summed E-state index contributed by atoms with van der Waals surface area (Å²) in [6.45, 7) is 5.69. The Hall–Kier alpha value is -0.850. The predicted molar refractivity (Wildman–Crippen MR) is 80.0 cm³/mol. The van der Waals surface area contributed by atoms with Gasteiger partial charge in [0.25, 0.3) is 0 Å². The van der Waals surface area contributed by atoms with Crippen LogP contribution in [0.25, 0.3) is 0 Å². The van der Waals surface area contributed by atoms with E-state index in [0.29, 0.717) is 11.4 Å². The molecule has 0 unspecified atom stereocenters. The summed E-state index contributed by atoms with van der Waals surface area (Å²) in [6, 6.07) is 1.71. The Morgan fingerprint density at radius 3 is 2.70 bits per heavy atom. The Labute approximate surface area is 121 Å². The zero-order chi connectivity index (χ0) is 14.6. The van der Waals surface area contributed by atoms with Crippen LogP contribution in [0.3, 0.4) is 0 Å². The molecule has 1 aliphatic rings. The van der Waals surface area contributed by atoms with E-state index in [1.807, 2.05) is 6.92 Å². The fourth-order valence-electron chi connectivity index (χ4n) is 2.72. The van der Waals surface area contributed by atoms with E-state index >= 15 is 0 Å². The second kappa shape index (κ2) is 6.28. The summed E-state index contributed by atoms with van der Waals surface area (Å²) in [6.07, 6.45) is 6.66. The normalized spacial score (nSPS) is 18.5. The van der Waals surface area contributed by atoms with Gasteiger partial charge in [-0.1, -0.05) is 19.8 Å². The number of aromatic nitrogens is 1. The fraction of sp³-hybridized carbons (Fsp3) is 0.714. The van der Waals surface area contributed by atoms with Crippen molar-refractivity contribution in [1.29, 1.82) is 0 Å². The van der Waals surface area contributed by atoms with Crippen LogP contribution in [0.5, 0.6) is 0 Å². The maximum Gasteiger partial charge on any atom is 0.242 e. The van der Waals surface area contributed by atoms with Crippen molar-refractivity contribution >= 4 is 10.0 Å². The average Bonchev–Trinajstić information content (AvgIpc) is 2.98. The third kappa shape index (κ3) is 3.84. The van der Waals surface area contributed by atoms with E-state index in [4.69, 9.17) is 0 Å². The van der Waals surface area contributed by atoms with Gasteiger partial charge in [-0.15, -0.1) is 0 Å². The Balaban J connectivity index is 2.02. The molecule has 0 radical (unpaired) electrons. The quantitative estimate of drug-likeness (QED) is 0.675. The Bertz CT molecular complexity index is 530. The number of hydrogen-bond donors (Lipinski definition) is 3. The van der Waals surface area contributed by atoms with E-state index in [1.165, 1.54) is 0 Å². The molecule has 0 amide bonds. The van der Waals surface area contributed by atoms with Gasteiger partial charge in [-0.3, -0.25) is 0 Å². The highest BCUT2D eigenvalue weighted by Gasteiger charge is 2.33. The minimum absolute atomic E-state index is 0.281. The third-order valence-corrected chi connectivity index (χ3v) is 5.47. The second-order valence-corrected chi connectivity index (χ2v) is 7.59. The third-order valence-electron chi connectivity index (χ3n) is 3.86. The molecule has 2 rings (SSSR count). The van der Waals surface area contributed by atoms with Gasteiger partial charge in [0.1, 0.15) is 0 Å². The highest BCUT2D eigenvalue weighted by molar-refractivity contribution is 7.89. The lowest BCUT2D eigenvalue weighted by Gasteiger charge is -2.24. The van der Waals surface area contributed by atoms with E-state index in [0.717, 1.165) is 44.3 Å². The molecule has 1 heterocycles. The Kier molecular flexibility index (Phi) is 4.88. The molecule has 0 atom stereocenters. The lowest BCUT2D eigenvalue weighted by molar-refractivity contribution is 0.427. The van der Waals surface area contributed by atoms with E-state index in [-0.39, 0.29) is 5.54 Å². The van der Waals surface area contributed by atoms with Crippen LogP contribution in [0.4, 0.5) is 0 Å². The van der Waals surface area contributed by atoms with Crippen LogP contribution in [0, 0.1) is 0 Å². The topological polar surface area (TPSA) is 74.0 Å². The number of sulfonamides is 1. The van der Waals surface area contributed by atoms with Crippen molar-refractivity contribution in [3.8, 4) is 0 Å². The first-order valence-electron chi connectivity index (χ1n) is 7.37. The van der Waals surface area contributed by atoms with Crippen molar-refractivity contribution in [3.05, 3.63) is 18.0 Å². The van der Waals surface area contributed by atoms with Gasteiger partial charge in [0.05, 0.1) is 4.90 Å². The van der Waals surface area contributed by atoms with Gasteiger partial charge in [0, 0.05) is 24.0 Å². The molecule has 1 saturated carbocycles. The molecule has 0 aliphatic heterocycles. The van der Waals surface area contributed by atoms with Crippen LogP contribution in [0.2, 0.25) is 0 Å². The van der Waals surface area contributed by atoms with Crippen molar-refractivity contribution < 1.29 is 8.42 Å². The number of hydrogen-bond acceptors (Lipinski definition) is 3. The zero-order valence-corrected chi connectivity index (χ0v) is 13.1. The van der Waals surface area contributed by atoms with Gasteiger partial charge in [-0.05, 0) is 38.8 Å². The van der Waals surface area contributed by atoms with Gasteiger partial charge >= 0.3 is 0 Å². The zero-order valence-electron chi connectivity index (χ0n) is 12.3. The van der Waals surface area contributed by atoms with Crippen LogP contribution in [0.15, 0.2) is 17.2 Å². The summed E-state index contributed by atoms with van der Waals surface area (Å²) in [5.41, 5.74) is 0.617. The molecular formula is C14H25N3O2S. The molecule has 1 aromatic heterocycles. The van der Waals surface area contributed by atoms with E-state index in [9.17, 15) is 8.42 Å². The largest absolute Gasteiger partial charge is 0.363 e. The molecule has 5 nitrogen and oxygen atoms in total. The molecule has 0 bridgehead atoms. The monoisotopic (exact) mass is 299 g/mol. The number of nitrogens with one attached hydrogen (secondary N) is 3. The SMILES string of the molecule is CCCNCc1cc(S(=O)(=O)NC2(C)CCCC2)c[nH]1.